The number of aryl methyl sites for hydroxylation is 1. The maximum atomic E-state index is 13.6. The maximum absolute atomic E-state index is 13.6. The van der Waals surface area contributed by atoms with Crippen molar-refractivity contribution < 1.29 is 13.2 Å². The van der Waals surface area contributed by atoms with E-state index in [0.717, 1.165) is 27.7 Å². The fraction of sp³-hybridized carbons (Fsp3) is 0.214. The minimum atomic E-state index is -3.58. The van der Waals surface area contributed by atoms with Crippen LogP contribution >= 0.6 is 0 Å². The minimum absolute atomic E-state index is 0.0543. The van der Waals surface area contributed by atoms with Crippen LogP contribution < -0.4 is 4.72 Å². The van der Waals surface area contributed by atoms with Crippen molar-refractivity contribution in [1.29, 1.82) is 0 Å². The molecule has 0 saturated carbocycles. The van der Waals surface area contributed by atoms with E-state index in [1.54, 1.807) is 30.3 Å². The molecule has 0 radical (unpaired) electrons. The van der Waals surface area contributed by atoms with Crippen LogP contribution in [0.4, 0.5) is 0 Å². The van der Waals surface area contributed by atoms with Crippen LogP contribution in [-0.4, -0.2) is 43.3 Å². The van der Waals surface area contributed by atoms with E-state index in [-0.39, 0.29) is 16.8 Å². The zero-order chi connectivity index (χ0) is 24.4. The molecule has 1 aromatic heterocycles. The third-order valence-corrected chi connectivity index (χ3v) is 7.99. The Kier molecular flexibility index (Phi) is 6.36. The number of rotatable bonds is 5. The smallest absolute Gasteiger partial charge is 0.254 e. The van der Waals surface area contributed by atoms with Gasteiger partial charge in [0.2, 0.25) is 10.0 Å². The molecule has 1 aliphatic rings. The number of aromatic nitrogens is 1. The van der Waals surface area contributed by atoms with Gasteiger partial charge in [-0.05, 0) is 44.0 Å². The van der Waals surface area contributed by atoms with Crippen LogP contribution in [0, 0.1) is 6.92 Å². The van der Waals surface area contributed by atoms with Crippen molar-refractivity contribution in [3.05, 3.63) is 96.1 Å². The number of amides is 1. The number of fused-ring (bicyclic) bond motifs is 1. The zero-order valence-electron chi connectivity index (χ0n) is 19.5. The summed E-state index contributed by atoms with van der Waals surface area (Å²) in [6.07, 6.45) is 1.12. The third-order valence-electron chi connectivity index (χ3n) is 6.45. The molecule has 3 aromatic carbocycles. The van der Waals surface area contributed by atoms with Crippen LogP contribution in [0.2, 0.25) is 0 Å². The standard InChI is InChI=1S/C28H27N3O3S/c1-20-11-13-21(14-12-20)27-19-25(24-9-5-6-10-26(24)29-27)28(32)31-17-15-22(16-18-31)30-35(33,34)23-7-3-2-4-8-23/h2-14,19,22,30H,15-18H2,1H3. The first-order valence-electron chi connectivity index (χ1n) is 11.7. The van der Waals surface area contributed by atoms with Crippen molar-refractivity contribution in [2.45, 2.75) is 30.7 Å². The predicted molar refractivity (Wildman–Crippen MR) is 138 cm³/mol. The molecule has 0 aliphatic carbocycles. The van der Waals surface area contributed by atoms with Crippen LogP contribution in [0.5, 0.6) is 0 Å². The van der Waals surface area contributed by atoms with E-state index >= 15 is 0 Å². The Morgan fingerprint density at radius 3 is 2.29 bits per heavy atom. The number of carbonyl (C=O) groups is 1. The molecule has 178 valence electrons. The molecule has 0 atom stereocenters. The van der Waals surface area contributed by atoms with Crippen molar-refractivity contribution in [1.82, 2.24) is 14.6 Å². The molecule has 0 bridgehead atoms. The average molecular weight is 486 g/mol. The van der Waals surface area contributed by atoms with Gasteiger partial charge in [-0.2, -0.15) is 0 Å². The molecule has 2 heterocycles. The largest absolute Gasteiger partial charge is 0.339 e. The van der Waals surface area contributed by atoms with E-state index in [0.29, 0.717) is 31.5 Å². The number of sulfonamides is 1. The Morgan fingerprint density at radius 2 is 1.57 bits per heavy atom. The van der Waals surface area contributed by atoms with Crippen molar-refractivity contribution >= 4 is 26.8 Å². The summed E-state index contributed by atoms with van der Waals surface area (Å²) in [5.74, 6) is -0.0543. The summed E-state index contributed by atoms with van der Waals surface area (Å²) in [7, 11) is -3.58. The van der Waals surface area contributed by atoms with Gasteiger partial charge in [0.1, 0.15) is 0 Å². The highest BCUT2D eigenvalue weighted by molar-refractivity contribution is 7.89. The quantitative estimate of drug-likeness (QED) is 0.441. The molecule has 0 spiro atoms. The van der Waals surface area contributed by atoms with Crippen LogP contribution in [0.1, 0.15) is 28.8 Å². The van der Waals surface area contributed by atoms with Crippen molar-refractivity contribution in [2.75, 3.05) is 13.1 Å². The molecule has 35 heavy (non-hydrogen) atoms. The number of hydrogen-bond donors (Lipinski definition) is 1. The van der Waals surface area contributed by atoms with Gasteiger partial charge in [0.15, 0.2) is 0 Å². The van der Waals surface area contributed by atoms with Crippen molar-refractivity contribution in [3.63, 3.8) is 0 Å². The lowest BCUT2D eigenvalue weighted by Gasteiger charge is -2.32. The van der Waals surface area contributed by atoms with Gasteiger partial charge in [-0.1, -0.05) is 66.2 Å². The second kappa shape index (κ2) is 9.60. The minimum Gasteiger partial charge on any atom is -0.339 e. The summed E-state index contributed by atoms with van der Waals surface area (Å²) in [5, 5.41) is 0.820. The Morgan fingerprint density at radius 1 is 0.914 bits per heavy atom. The number of piperidine rings is 1. The Hall–Kier alpha value is -3.55. The Labute approximate surface area is 205 Å². The van der Waals surface area contributed by atoms with Gasteiger partial charge < -0.3 is 4.90 Å². The molecule has 7 heteroatoms. The number of nitrogens with one attached hydrogen (secondary N) is 1. The molecule has 6 nitrogen and oxygen atoms in total. The van der Waals surface area contributed by atoms with E-state index in [4.69, 9.17) is 4.98 Å². The molecule has 4 aromatic rings. The first-order valence-corrected chi connectivity index (χ1v) is 13.2. The summed E-state index contributed by atoms with van der Waals surface area (Å²) < 4.78 is 28.2. The van der Waals surface area contributed by atoms with Crippen molar-refractivity contribution in [2.24, 2.45) is 0 Å². The topological polar surface area (TPSA) is 79.4 Å². The molecule has 1 saturated heterocycles. The van der Waals surface area contributed by atoms with Gasteiger partial charge in [0, 0.05) is 30.1 Å². The SMILES string of the molecule is Cc1ccc(-c2cc(C(=O)N3CCC(NS(=O)(=O)c4ccccc4)CC3)c3ccccc3n2)cc1. The highest BCUT2D eigenvalue weighted by atomic mass is 32.2. The summed E-state index contributed by atoms with van der Waals surface area (Å²) in [4.78, 5) is 20.5. The molecular formula is C28H27N3O3S. The third kappa shape index (κ3) is 4.97. The molecule has 1 fully saturated rings. The molecule has 1 amide bonds. The van der Waals surface area contributed by atoms with Gasteiger partial charge in [-0.15, -0.1) is 0 Å². The normalized spacial score (nSPS) is 14.8. The number of para-hydroxylation sites is 1. The fourth-order valence-corrected chi connectivity index (χ4v) is 5.81. The molecule has 5 rings (SSSR count). The summed E-state index contributed by atoms with van der Waals surface area (Å²) in [6, 6.07) is 25.8. The van der Waals surface area contributed by atoms with Crippen LogP contribution in [0.25, 0.3) is 22.2 Å². The monoisotopic (exact) mass is 485 g/mol. The number of likely N-dealkylation sites (tertiary alicyclic amines) is 1. The maximum Gasteiger partial charge on any atom is 0.254 e. The number of benzene rings is 3. The van der Waals surface area contributed by atoms with E-state index < -0.39 is 10.0 Å². The molecular weight excluding hydrogens is 458 g/mol. The molecule has 0 unspecified atom stereocenters. The number of nitrogens with zero attached hydrogens (tertiary/aromatic N) is 2. The van der Waals surface area contributed by atoms with E-state index in [1.165, 1.54) is 0 Å². The fourth-order valence-electron chi connectivity index (χ4n) is 4.48. The van der Waals surface area contributed by atoms with E-state index in [9.17, 15) is 13.2 Å². The number of hydrogen-bond acceptors (Lipinski definition) is 4. The Bertz CT molecular complexity index is 1460. The number of pyridine rings is 1. The highest BCUT2D eigenvalue weighted by Gasteiger charge is 2.28. The molecule has 1 N–H and O–H groups in total. The lowest BCUT2D eigenvalue weighted by molar-refractivity contribution is 0.0713. The van der Waals surface area contributed by atoms with E-state index in [1.807, 2.05) is 66.4 Å². The summed E-state index contributed by atoms with van der Waals surface area (Å²) in [6.45, 7) is 3.00. The lowest BCUT2D eigenvalue weighted by atomic mass is 10.0. The molecule has 1 aliphatic heterocycles. The van der Waals surface area contributed by atoms with Gasteiger partial charge in [-0.3, -0.25) is 4.79 Å². The second-order valence-corrected chi connectivity index (χ2v) is 10.7. The van der Waals surface area contributed by atoms with Gasteiger partial charge in [0.25, 0.3) is 5.91 Å². The average Bonchev–Trinajstić information content (AvgIpc) is 2.89. The van der Waals surface area contributed by atoms with Crippen LogP contribution in [0.15, 0.2) is 89.8 Å². The zero-order valence-corrected chi connectivity index (χ0v) is 20.3. The lowest BCUT2D eigenvalue weighted by Crippen LogP contribution is -2.46. The van der Waals surface area contributed by atoms with Crippen LogP contribution in [-0.2, 0) is 10.0 Å². The van der Waals surface area contributed by atoms with Gasteiger partial charge >= 0.3 is 0 Å². The second-order valence-electron chi connectivity index (χ2n) is 8.94. The van der Waals surface area contributed by atoms with Crippen LogP contribution in [0.3, 0.4) is 0 Å². The first-order chi connectivity index (χ1) is 16.9. The number of carbonyl (C=O) groups excluding carboxylic acids is 1. The summed E-state index contributed by atoms with van der Waals surface area (Å²) >= 11 is 0. The summed E-state index contributed by atoms with van der Waals surface area (Å²) in [5.41, 5.74) is 4.28. The van der Waals surface area contributed by atoms with E-state index in [2.05, 4.69) is 4.72 Å². The predicted octanol–water partition coefficient (Wildman–Crippen LogP) is 4.79. The van der Waals surface area contributed by atoms with Crippen molar-refractivity contribution in [3.8, 4) is 11.3 Å². The Balaban J connectivity index is 1.36. The van der Waals surface area contributed by atoms with Gasteiger partial charge in [-0.25, -0.2) is 18.1 Å². The van der Waals surface area contributed by atoms with Gasteiger partial charge in [0.05, 0.1) is 21.7 Å². The highest BCUT2D eigenvalue weighted by Crippen LogP contribution is 2.27. The first kappa shape index (κ1) is 23.2.